The van der Waals surface area contributed by atoms with E-state index in [4.69, 9.17) is 10.5 Å². The Bertz CT molecular complexity index is 823. The Labute approximate surface area is 183 Å². The van der Waals surface area contributed by atoms with E-state index in [1.54, 1.807) is 25.1 Å². The van der Waals surface area contributed by atoms with Crippen molar-refractivity contribution in [2.24, 2.45) is 17.6 Å². The van der Waals surface area contributed by atoms with Crippen LogP contribution < -0.4 is 15.8 Å². The third-order valence-electron chi connectivity index (χ3n) is 6.57. The number of hydrogen-bond acceptors (Lipinski definition) is 5. The van der Waals surface area contributed by atoms with E-state index in [0.717, 1.165) is 19.3 Å². The van der Waals surface area contributed by atoms with Crippen molar-refractivity contribution >= 4 is 35.7 Å². The number of piperidine rings is 1. The van der Waals surface area contributed by atoms with E-state index in [0.29, 0.717) is 55.3 Å². The lowest BCUT2D eigenvalue weighted by atomic mass is 9.88. The van der Waals surface area contributed by atoms with Gasteiger partial charge in [0.05, 0.1) is 5.69 Å². The molecule has 3 atom stereocenters. The summed E-state index contributed by atoms with van der Waals surface area (Å²) in [4.78, 5) is 39.3. The van der Waals surface area contributed by atoms with Crippen LogP contribution in [0, 0.1) is 11.8 Å². The number of hydrogen-bond donors (Lipinski definition) is 2. The molecule has 3 aliphatic rings. The Kier molecular flexibility index (Phi) is 7.03. The molecule has 30 heavy (non-hydrogen) atoms. The van der Waals surface area contributed by atoms with Crippen molar-refractivity contribution in [2.45, 2.75) is 57.6 Å². The highest BCUT2D eigenvalue weighted by Crippen LogP contribution is 2.33. The molecule has 1 saturated heterocycles. The van der Waals surface area contributed by atoms with Crippen LogP contribution in [0.15, 0.2) is 18.2 Å². The molecule has 0 aromatic heterocycles. The molecular formula is C22H30ClN3O4. The number of ketones is 1. The van der Waals surface area contributed by atoms with E-state index in [1.807, 2.05) is 4.90 Å². The van der Waals surface area contributed by atoms with Gasteiger partial charge in [0.1, 0.15) is 5.75 Å². The molecule has 8 heteroatoms. The summed E-state index contributed by atoms with van der Waals surface area (Å²) in [6.45, 7) is 2.91. The number of nitrogens with two attached hydrogens (primary N) is 1. The summed E-state index contributed by atoms with van der Waals surface area (Å²) in [6, 6.07) is 5.34. The van der Waals surface area contributed by atoms with Gasteiger partial charge in [0.2, 0.25) is 5.91 Å². The van der Waals surface area contributed by atoms with Crippen molar-refractivity contribution in [3.05, 3.63) is 23.8 Å². The van der Waals surface area contributed by atoms with E-state index in [1.165, 1.54) is 0 Å². The minimum Gasteiger partial charge on any atom is -0.479 e. The first kappa shape index (κ1) is 22.6. The highest BCUT2D eigenvalue weighted by Gasteiger charge is 2.32. The number of nitrogens with one attached hydrogen (secondary N) is 1. The number of amides is 2. The van der Waals surface area contributed by atoms with Gasteiger partial charge in [-0.2, -0.15) is 0 Å². The van der Waals surface area contributed by atoms with Gasteiger partial charge in [0, 0.05) is 37.0 Å². The number of carbonyl (C=O) groups is 3. The van der Waals surface area contributed by atoms with Gasteiger partial charge in [0.15, 0.2) is 11.9 Å². The van der Waals surface area contributed by atoms with Gasteiger partial charge in [-0.25, -0.2) is 0 Å². The fourth-order valence-electron chi connectivity index (χ4n) is 4.66. The summed E-state index contributed by atoms with van der Waals surface area (Å²) in [5, 5.41) is 2.79. The summed E-state index contributed by atoms with van der Waals surface area (Å²) in [5.74, 6) is 0.796. The van der Waals surface area contributed by atoms with Crippen molar-refractivity contribution in [1.29, 1.82) is 0 Å². The lowest BCUT2D eigenvalue weighted by molar-refractivity contribution is -0.133. The maximum Gasteiger partial charge on any atom is 0.265 e. The number of halogens is 1. The first-order valence-corrected chi connectivity index (χ1v) is 10.6. The molecule has 1 aromatic carbocycles. The number of Topliss-reactive ketones (excluding diaryl/α,β-unsaturated/α-hetero) is 1. The Morgan fingerprint density at radius 3 is 2.60 bits per heavy atom. The zero-order valence-corrected chi connectivity index (χ0v) is 18.1. The van der Waals surface area contributed by atoms with E-state index < -0.39 is 6.10 Å². The highest BCUT2D eigenvalue weighted by molar-refractivity contribution is 6.02. The fourth-order valence-corrected chi connectivity index (χ4v) is 4.66. The van der Waals surface area contributed by atoms with Crippen LogP contribution in [-0.4, -0.2) is 47.7 Å². The Hall–Kier alpha value is -2.12. The SMILES string of the molecule is CC1Oc2ccc(C(=O)C3CCN(C(=O)C[C@@H]4CCC[C@H]4N)CC3)cc2NC1=O.Cl. The van der Waals surface area contributed by atoms with E-state index in [-0.39, 0.29) is 42.0 Å². The van der Waals surface area contributed by atoms with Crippen molar-refractivity contribution in [3.63, 3.8) is 0 Å². The second kappa shape index (κ2) is 9.35. The van der Waals surface area contributed by atoms with E-state index in [2.05, 4.69) is 5.32 Å². The first-order chi connectivity index (χ1) is 13.9. The molecule has 1 unspecified atom stereocenters. The Morgan fingerprint density at radius 1 is 1.20 bits per heavy atom. The van der Waals surface area contributed by atoms with Crippen LogP contribution in [-0.2, 0) is 9.59 Å². The molecule has 2 heterocycles. The third-order valence-corrected chi connectivity index (χ3v) is 6.57. The molecule has 2 amide bonds. The summed E-state index contributed by atoms with van der Waals surface area (Å²) in [6.07, 6.45) is 4.49. The number of nitrogens with zero attached hydrogens (tertiary/aromatic N) is 1. The minimum absolute atomic E-state index is 0. The fraction of sp³-hybridized carbons (Fsp3) is 0.591. The second-order valence-electron chi connectivity index (χ2n) is 8.54. The van der Waals surface area contributed by atoms with Crippen LogP contribution in [0.25, 0.3) is 0 Å². The minimum atomic E-state index is -0.537. The van der Waals surface area contributed by atoms with Crippen molar-refractivity contribution in [3.8, 4) is 5.75 Å². The van der Waals surface area contributed by atoms with Gasteiger partial charge in [-0.15, -0.1) is 12.4 Å². The average molecular weight is 436 g/mol. The number of anilines is 1. The topological polar surface area (TPSA) is 102 Å². The smallest absolute Gasteiger partial charge is 0.265 e. The van der Waals surface area contributed by atoms with Crippen LogP contribution >= 0.6 is 12.4 Å². The van der Waals surface area contributed by atoms with Crippen molar-refractivity contribution in [1.82, 2.24) is 4.90 Å². The van der Waals surface area contributed by atoms with Gasteiger partial charge in [-0.3, -0.25) is 14.4 Å². The standard InChI is InChI=1S/C22H29N3O4.ClH/c1-13-22(28)24-18-11-16(5-6-19(18)29-13)21(27)14-7-9-25(10-8-14)20(26)12-15-3-2-4-17(15)23;/h5-6,11,13-15,17H,2-4,7-10,12,23H2,1H3,(H,24,28);1H/t13?,15-,17+;/m0./s1. The average Bonchev–Trinajstić information content (AvgIpc) is 3.12. The molecule has 1 saturated carbocycles. The van der Waals surface area contributed by atoms with Crippen molar-refractivity contribution in [2.75, 3.05) is 18.4 Å². The summed E-state index contributed by atoms with van der Waals surface area (Å²) in [7, 11) is 0. The number of benzene rings is 1. The quantitative estimate of drug-likeness (QED) is 0.708. The first-order valence-electron chi connectivity index (χ1n) is 10.6. The van der Waals surface area contributed by atoms with Gasteiger partial charge >= 0.3 is 0 Å². The van der Waals surface area contributed by atoms with Crippen LogP contribution in [0.3, 0.4) is 0 Å². The summed E-state index contributed by atoms with van der Waals surface area (Å²) < 4.78 is 5.55. The number of fused-ring (bicyclic) bond motifs is 1. The van der Waals surface area contributed by atoms with Gasteiger partial charge in [-0.05, 0) is 56.7 Å². The summed E-state index contributed by atoms with van der Waals surface area (Å²) >= 11 is 0. The molecule has 0 spiro atoms. The largest absolute Gasteiger partial charge is 0.479 e. The number of carbonyl (C=O) groups excluding carboxylic acids is 3. The van der Waals surface area contributed by atoms with Crippen LogP contribution in [0.5, 0.6) is 5.75 Å². The Morgan fingerprint density at radius 2 is 1.93 bits per heavy atom. The molecule has 1 aromatic rings. The molecule has 2 aliphatic heterocycles. The maximum atomic E-state index is 13.0. The predicted molar refractivity (Wildman–Crippen MR) is 116 cm³/mol. The Balaban J connectivity index is 0.00000256. The lowest BCUT2D eigenvalue weighted by Crippen LogP contribution is -2.42. The van der Waals surface area contributed by atoms with Crippen LogP contribution in [0.4, 0.5) is 5.69 Å². The zero-order chi connectivity index (χ0) is 20.5. The highest BCUT2D eigenvalue weighted by atomic mass is 35.5. The van der Waals surface area contributed by atoms with Gasteiger partial charge in [0.25, 0.3) is 5.91 Å². The predicted octanol–water partition coefficient (Wildman–Crippen LogP) is 2.77. The third kappa shape index (κ3) is 4.62. The number of rotatable bonds is 4. The van der Waals surface area contributed by atoms with E-state index >= 15 is 0 Å². The molecule has 3 N–H and O–H groups in total. The summed E-state index contributed by atoms with van der Waals surface area (Å²) in [5.41, 5.74) is 7.21. The van der Waals surface area contributed by atoms with Crippen molar-refractivity contribution < 1.29 is 19.1 Å². The van der Waals surface area contributed by atoms with E-state index in [9.17, 15) is 14.4 Å². The maximum absolute atomic E-state index is 13.0. The number of ether oxygens (including phenoxy) is 1. The zero-order valence-electron chi connectivity index (χ0n) is 17.3. The van der Waals surface area contributed by atoms with Crippen LogP contribution in [0.1, 0.15) is 55.8 Å². The molecule has 4 rings (SSSR count). The molecular weight excluding hydrogens is 406 g/mol. The molecule has 1 aliphatic carbocycles. The van der Waals surface area contributed by atoms with Gasteiger partial charge < -0.3 is 20.7 Å². The van der Waals surface area contributed by atoms with Crippen LogP contribution in [0.2, 0.25) is 0 Å². The molecule has 7 nitrogen and oxygen atoms in total. The normalized spacial score (nSPS) is 26.3. The molecule has 2 fully saturated rings. The lowest BCUT2D eigenvalue weighted by Gasteiger charge is -2.32. The molecule has 0 radical (unpaired) electrons. The number of likely N-dealkylation sites (tertiary alicyclic amines) is 1. The molecule has 0 bridgehead atoms. The monoisotopic (exact) mass is 435 g/mol. The van der Waals surface area contributed by atoms with Gasteiger partial charge in [-0.1, -0.05) is 6.42 Å². The molecule has 164 valence electrons. The second-order valence-corrected chi connectivity index (χ2v) is 8.54.